The maximum Gasteiger partial charge on any atom is 0.274 e. The normalized spacial score (nSPS) is 10.3. The number of para-hydroxylation sites is 1. The van der Waals surface area contributed by atoms with Gasteiger partial charge in [0, 0.05) is 30.3 Å². The van der Waals surface area contributed by atoms with Crippen LogP contribution in [-0.4, -0.2) is 9.85 Å². The van der Waals surface area contributed by atoms with Crippen LogP contribution in [0.4, 0.5) is 17.1 Å². The van der Waals surface area contributed by atoms with Crippen molar-refractivity contribution in [2.75, 3.05) is 5.32 Å². The molecule has 0 unspecified atom stereocenters. The Labute approximate surface area is 130 Å². The number of hydrogen-bond donors (Lipinski definition) is 1. The number of nitrogens with one attached hydrogen (secondary N) is 1. The molecule has 0 saturated carbocycles. The van der Waals surface area contributed by atoms with Gasteiger partial charge in [0.1, 0.15) is 0 Å². The van der Waals surface area contributed by atoms with Gasteiger partial charge < -0.3 is 5.32 Å². The van der Waals surface area contributed by atoms with E-state index in [1.54, 1.807) is 25.1 Å². The molecule has 0 fully saturated rings. The van der Waals surface area contributed by atoms with Crippen LogP contribution in [0.2, 0.25) is 5.02 Å². The summed E-state index contributed by atoms with van der Waals surface area (Å²) in [5.74, 6) is 0. The minimum absolute atomic E-state index is 0.00527. The molecule has 0 radical (unpaired) electrons. The summed E-state index contributed by atoms with van der Waals surface area (Å²) < 4.78 is 0. The van der Waals surface area contributed by atoms with E-state index in [1.165, 1.54) is 18.2 Å². The molecule has 0 aliphatic rings. The highest BCUT2D eigenvalue weighted by Crippen LogP contribution is 2.31. The molecule has 0 aliphatic heterocycles. The Kier molecular flexibility index (Phi) is 4.57. The van der Waals surface area contributed by atoms with Crippen LogP contribution in [0.3, 0.4) is 0 Å². The van der Waals surface area contributed by atoms with Crippen molar-refractivity contribution in [3.63, 3.8) is 0 Å². The van der Waals surface area contributed by atoms with Crippen molar-refractivity contribution in [3.05, 3.63) is 72.8 Å². The van der Waals surface area contributed by atoms with Crippen LogP contribution in [-0.2, 0) is 6.54 Å². The van der Waals surface area contributed by atoms with Crippen LogP contribution < -0.4 is 5.32 Å². The second kappa shape index (κ2) is 6.40. The van der Waals surface area contributed by atoms with Crippen LogP contribution in [0.1, 0.15) is 11.1 Å². The van der Waals surface area contributed by atoms with E-state index in [0.29, 0.717) is 16.8 Å². The van der Waals surface area contributed by atoms with Gasteiger partial charge in [-0.3, -0.25) is 20.2 Å². The smallest absolute Gasteiger partial charge is 0.274 e. The number of nitrogens with zero attached hydrogens (tertiary/aromatic N) is 2. The molecule has 114 valence electrons. The number of halogens is 1. The molecule has 22 heavy (non-hydrogen) atoms. The lowest BCUT2D eigenvalue weighted by Crippen LogP contribution is -2.05. The van der Waals surface area contributed by atoms with E-state index >= 15 is 0 Å². The summed E-state index contributed by atoms with van der Waals surface area (Å²) in [6, 6.07) is 8.99. The zero-order chi connectivity index (χ0) is 16.3. The molecule has 1 N–H and O–H groups in total. The van der Waals surface area contributed by atoms with Gasteiger partial charge >= 0.3 is 0 Å². The van der Waals surface area contributed by atoms with Gasteiger partial charge in [0.15, 0.2) is 0 Å². The van der Waals surface area contributed by atoms with Crippen LogP contribution in [0.5, 0.6) is 0 Å². The maximum atomic E-state index is 11.0. The molecule has 0 heterocycles. The van der Waals surface area contributed by atoms with Gasteiger partial charge in [-0.25, -0.2) is 0 Å². The summed E-state index contributed by atoms with van der Waals surface area (Å²) in [6.45, 7) is 1.87. The monoisotopic (exact) mass is 321 g/mol. The molecule has 0 spiro atoms. The van der Waals surface area contributed by atoms with Crippen LogP contribution in [0, 0.1) is 27.2 Å². The first-order valence-corrected chi connectivity index (χ1v) is 6.68. The van der Waals surface area contributed by atoms with Crippen molar-refractivity contribution in [2.24, 2.45) is 0 Å². The number of aryl methyl sites for hydroxylation is 1. The lowest BCUT2D eigenvalue weighted by atomic mass is 10.1. The first-order chi connectivity index (χ1) is 10.4. The van der Waals surface area contributed by atoms with Crippen LogP contribution >= 0.6 is 11.6 Å². The molecule has 2 aromatic rings. The molecule has 0 aromatic heterocycles. The number of benzene rings is 2. The quantitative estimate of drug-likeness (QED) is 0.661. The summed E-state index contributed by atoms with van der Waals surface area (Å²) >= 11 is 6.05. The Morgan fingerprint density at radius 1 is 1.14 bits per heavy atom. The number of rotatable bonds is 5. The second-order valence-corrected chi connectivity index (χ2v) is 5.02. The highest BCUT2D eigenvalue weighted by molar-refractivity contribution is 6.33. The van der Waals surface area contributed by atoms with E-state index in [4.69, 9.17) is 11.6 Å². The predicted molar refractivity (Wildman–Crippen MR) is 83.3 cm³/mol. The second-order valence-electron chi connectivity index (χ2n) is 4.62. The van der Waals surface area contributed by atoms with Crippen LogP contribution in [0.25, 0.3) is 0 Å². The molecular weight excluding hydrogens is 310 g/mol. The molecule has 8 heteroatoms. The van der Waals surface area contributed by atoms with Crippen molar-refractivity contribution >= 4 is 28.7 Å². The molecule has 0 bridgehead atoms. The van der Waals surface area contributed by atoms with Gasteiger partial charge in [-0.1, -0.05) is 29.8 Å². The van der Waals surface area contributed by atoms with Gasteiger partial charge in [-0.15, -0.1) is 0 Å². The molecule has 0 aliphatic carbocycles. The largest absolute Gasteiger partial charge is 0.379 e. The van der Waals surface area contributed by atoms with Gasteiger partial charge in [0.25, 0.3) is 11.4 Å². The van der Waals surface area contributed by atoms with Crippen molar-refractivity contribution in [2.45, 2.75) is 13.5 Å². The lowest BCUT2D eigenvalue weighted by molar-refractivity contribution is -0.385. The standard InChI is InChI=1S/C14H12ClN3O4/c1-9-6-11(17(19)20)7-12(15)14(9)16-8-10-4-2-3-5-13(10)18(21)22/h2-7,16H,8H2,1H3. The Balaban J connectivity index is 2.26. The Morgan fingerprint density at radius 3 is 2.41 bits per heavy atom. The van der Waals surface area contributed by atoms with E-state index in [9.17, 15) is 20.2 Å². The minimum Gasteiger partial charge on any atom is -0.379 e. The lowest BCUT2D eigenvalue weighted by Gasteiger charge is -2.11. The Morgan fingerprint density at radius 2 is 1.82 bits per heavy atom. The summed E-state index contributed by atoms with van der Waals surface area (Å²) in [7, 11) is 0. The van der Waals surface area contributed by atoms with Crippen molar-refractivity contribution in [1.29, 1.82) is 0 Å². The van der Waals surface area contributed by atoms with Crippen molar-refractivity contribution in [1.82, 2.24) is 0 Å². The van der Waals surface area contributed by atoms with Crippen LogP contribution in [0.15, 0.2) is 36.4 Å². The van der Waals surface area contributed by atoms with E-state index in [0.717, 1.165) is 0 Å². The van der Waals surface area contributed by atoms with E-state index in [-0.39, 0.29) is 22.9 Å². The predicted octanol–water partition coefficient (Wildman–Crippen LogP) is 4.08. The average Bonchev–Trinajstić information content (AvgIpc) is 2.46. The summed E-state index contributed by atoms with van der Waals surface area (Å²) in [5, 5.41) is 24.9. The molecule has 2 aromatic carbocycles. The molecule has 0 atom stereocenters. The van der Waals surface area contributed by atoms with E-state index in [1.807, 2.05) is 0 Å². The fraction of sp³-hybridized carbons (Fsp3) is 0.143. The summed E-state index contributed by atoms with van der Waals surface area (Å²) in [5.41, 5.74) is 1.52. The average molecular weight is 322 g/mol. The highest BCUT2D eigenvalue weighted by Gasteiger charge is 2.15. The van der Waals surface area contributed by atoms with Gasteiger partial charge in [0.2, 0.25) is 0 Å². The SMILES string of the molecule is Cc1cc([N+](=O)[O-])cc(Cl)c1NCc1ccccc1[N+](=O)[O-]. The molecule has 2 rings (SSSR count). The van der Waals surface area contributed by atoms with Gasteiger partial charge in [0.05, 0.1) is 20.6 Å². The number of nitro benzene ring substituents is 2. The number of hydrogen-bond acceptors (Lipinski definition) is 5. The zero-order valence-corrected chi connectivity index (χ0v) is 12.3. The third kappa shape index (κ3) is 3.32. The fourth-order valence-electron chi connectivity index (χ4n) is 2.08. The highest BCUT2D eigenvalue weighted by atomic mass is 35.5. The van der Waals surface area contributed by atoms with Gasteiger partial charge in [-0.2, -0.15) is 0 Å². The number of nitro groups is 2. The van der Waals surface area contributed by atoms with Gasteiger partial charge in [-0.05, 0) is 12.5 Å². The fourth-order valence-corrected chi connectivity index (χ4v) is 2.40. The topological polar surface area (TPSA) is 98.3 Å². The first-order valence-electron chi connectivity index (χ1n) is 6.31. The number of anilines is 1. The zero-order valence-electron chi connectivity index (χ0n) is 11.6. The molecule has 0 saturated heterocycles. The minimum atomic E-state index is -0.523. The molecule has 7 nitrogen and oxygen atoms in total. The van der Waals surface area contributed by atoms with Crippen molar-refractivity contribution < 1.29 is 9.85 Å². The first kappa shape index (κ1) is 15.7. The maximum absolute atomic E-state index is 11.0. The summed E-state index contributed by atoms with van der Waals surface area (Å²) in [6.07, 6.45) is 0. The number of non-ortho nitro benzene ring substituents is 1. The Bertz CT molecular complexity index is 726. The molecule has 0 amide bonds. The third-order valence-corrected chi connectivity index (χ3v) is 3.43. The third-order valence-electron chi connectivity index (χ3n) is 3.13. The summed E-state index contributed by atoms with van der Waals surface area (Å²) in [4.78, 5) is 20.8. The van der Waals surface area contributed by atoms with E-state index < -0.39 is 9.85 Å². The molecular formula is C14H12ClN3O4. The Hall–Kier alpha value is -2.67. The van der Waals surface area contributed by atoms with E-state index in [2.05, 4.69) is 5.32 Å². The van der Waals surface area contributed by atoms with Crippen molar-refractivity contribution in [3.8, 4) is 0 Å².